The Morgan fingerprint density at radius 2 is 1.89 bits per heavy atom. The van der Waals surface area contributed by atoms with Crippen molar-refractivity contribution in [3.63, 3.8) is 0 Å². The van der Waals surface area contributed by atoms with Gasteiger partial charge in [0, 0.05) is 12.3 Å². The van der Waals surface area contributed by atoms with E-state index in [1.165, 1.54) is 12.1 Å². The highest BCUT2D eigenvalue weighted by Crippen LogP contribution is 2.31. The Balaban J connectivity index is 2.20. The van der Waals surface area contributed by atoms with E-state index in [-0.39, 0.29) is 11.1 Å². The first-order valence-electron chi connectivity index (χ1n) is 4.86. The zero-order chi connectivity index (χ0) is 14.0. The fraction of sp³-hybridized carbons (Fsp3) is 0.100. The van der Waals surface area contributed by atoms with Crippen LogP contribution in [-0.4, -0.2) is 15.0 Å². The molecule has 0 spiro atoms. The van der Waals surface area contributed by atoms with Gasteiger partial charge in [0.05, 0.1) is 5.56 Å². The summed E-state index contributed by atoms with van der Waals surface area (Å²) in [6, 6.07) is 3.64. The third-order valence-corrected chi connectivity index (χ3v) is 3.02. The maximum absolute atomic E-state index is 12.4. The summed E-state index contributed by atoms with van der Waals surface area (Å²) < 4.78 is 37.1. The lowest BCUT2D eigenvalue weighted by molar-refractivity contribution is -0.137. The Kier molecular flexibility index (Phi) is 3.81. The number of aromatic nitrogens is 3. The number of hydrogen-bond acceptors (Lipinski definition) is 5. The largest absolute Gasteiger partial charge is 0.417 e. The maximum atomic E-state index is 12.4. The molecule has 0 saturated carbocycles. The summed E-state index contributed by atoms with van der Waals surface area (Å²) >= 11 is 6.73. The summed E-state index contributed by atoms with van der Waals surface area (Å²) in [7, 11) is 0. The summed E-state index contributed by atoms with van der Waals surface area (Å²) in [5, 5.41) is 0.911. The fourth-order valence-electron chi connectivity index (χ4n) is 1.18. The van der Waals surface area contributed by atoms with Gasteiger partial charge >= 0.3 is 6.18 Å². The fourth-order valence-corrected chi connectivity index (χ4v) is 2.20. The highest BCUT2D eigenvalue weighted by Gasteiger charge is 2.30. The van der Waals surface area contributed by atoms with Gasteiger partial charge in [-0.15, -0.1) is 0 Å². The van der Waals surface area contributed by atoms with Crippen LogP contribution in [0.1, 0.15) is 5.56 Å². The second kappa shape index (κ2) is 5.22. The Bertz CT molecular complexity index is 568. The molecule has 2 aromatic rings. The normalized spacial score (nSPS) is 11.6. The van der Waals surface area contributed by atoms with Crippen molar-refractivity contribution < 1.29 is 13.2 Å². The molecule has 0 atom stereocenters. The van der Waals surface area contributed by atoms with Crippen molar-refractivity contribution in [3.8, 4) is 0 Å². The molecule has 2 rings (SSSR count). The van der Waals surface area contributed by atoms with Crippen LogP contribution in [0.5, 0.6) is 0 Å². The predicted octanol–water partition coefficient (Wildman–Crippen LogP) is 3.28. The molecule has 2 aromatic heterocycles. The van der Waals surface area contributed by atoms with Gasteiger partial charge in [-0.25, -0.2) is 15.0 Å². The van der Waals surface area contributed by atoms with E-state index in [9.17, 15) is 13.2 Å². The smallest absolute Gasteiger partial charge is 0.368 e. The van der Waals surface area contributed by atoms with Crippen LogP contribution in [0, 0.1) is 0 Å². The van der Waals surface area contributed by atoms with Gasteiger partial charge in [-0.2, -0.15) is 13.2 Å². The first-order chi connectivity index (χ1) is 8.84. The first kappa shape index (κ1) is 13.9. The van der Waals surface area contributed by atoms with E-state index in [4.69, 9.17) is 17.3 Å². The third kappa shape index (κ3) is 3.71. The Hall–Kier alpha value is -1.54. The third-order valence-electron chi connectivity index (χ3n) is 1.96. The van der Waals surface area contributed by atoms with Gasteiger partial charge in [0.25, 0.3) is 0 Å². The molecule has 0 aromatic carbocycles. The molecular weight excluding hydrogens is 301 g/mol. The van der Waals surface area contributed by atoms with Crippen LogP contribution in [0.2, 0.25) is 5.15 Å². The van der Waals surface area contributed by atoms with Crippen molar-refractivity contribution in [3.05, 3.63) is 35.1 Å². The number of halogens is 4. The van der Waals surface area contributed by atoms with Crippen LogP contribution in [0.15, 0.2) is 34.4 Å². The number of pyridine rings is 1. The molecule has 0 aliphatic carbocycles. The minimum atomic E-state index is -4.40. The van der Waals surface area contributed by atoms with Crippen molar-refractivity contribution in [1.29, 1.82) is 0 Å². The van der Waals surface area contributed by atoms with Gasteiger partial charge in [0.1, 0.15) is 15.2 Å². The second-order valence-electron chi connectivity index (χ2n) is 3.37. The molecule has 2 heterocycles. The van der Waals surface area contributed by atoms with E-state index < -0.39 is 11.7 Å². The number of nitrogen functional groups attached to an aromatic ring is 1. The zero-order valence-electron chi connectivity index (χ0n) is 9.15. The summed E-state index contributed by atoms with van der Waals surface area (Å²) in [4.78, 5) is 11.3. The highest BCUT2D eigenvalue weighted by atomic mass is 35.5. The molecule has 4 nitrogen and oxygen atoms in total. The average molecular weight is 307 g/mol. The second-order valence-corrected chi connectivity index (χ2v) is 4.80. The number of hydrogen-bond donors (Lipinski definition) is 1. The van der Waals surface area contributed by atoms with Gasteiger partial charge in [-0.3, -0.25) is 0 Å². The highest BCUT2D eigenvalue weighted by molar-refractivity contribution is 7.99. The van der Waals surface area contributed by atoms with Crippen LogP contribution >= 0.6 is 23.4 Å². The zero-order valence-corrected chi connectivity index (χ0v) is 10.7. The summed E-state index contributed by atoms with van der Waals surface area (Å²) in [5.41, 5.74) is 4.60. The lowest BCUT2D eigenvalue weighted by Crippen LogP contribution is -2.05. The van der Waals surface area contributed by atoms with Crippen molar-refractivity contribution in [1.82, 2.24) is 15.0 Å². The number of anilines is 1. The molecule has 9 heteroatoms. The van der Waals surface area contributed by atoms with Gasteiger partial charge in [-0.1, -0.05) is 11.6 Å². The van der Waals surface area contributed by atoms with Crippen LogP contribution in [0.3, 0.4) is 0 Å². The molecule has 0 fully saturated rings. The molecule has 0 aliphatic rings. The van der Waals surface area contributed by atoms with E-state index >= 15 is 0 Å². The molecule has 0 unspecified atom stereocenters. The van der Waals surface area contributed by atoms with E-state index in [0.717, 1.165) is 24.0 Å². The maximum Gasteiger partial charge on any atom is 0.417 e. The van der Waals surface area contributed by atoms with Crippen LogP contribution in [-0.2, 0) is 6.18 Å². The number of alkyl halides is 3. The topological polar surface area (TPSA) is 64.7 Å². The molecule has 2 N–H and O–H groups in total. The molecule has 0 saturated heterocycles. The van der Waals surface area contributed by atoms with Gasteiger partial charge < -0.3 is 5.73 Å². The Morgan fingerprint density at radius 3 is 2.42 bits per heavy atom. The molecule has 0 aliphatic heterocycles. The van der Waals surface area contributed by atoms with E-state index in [1.54, 1.807) is 0 Å². The molecule has 19 heavy (non-hydrogen) atoms. The standard InChI is InChI=1S/C10H6ClF3N4S/c11-6-3-8(18-9(15)17-6)19-7-2-1-5(4-16-7)10(12,13)14/h1-4H,(H2,15,17,18). The van der Waals surface area contributed by atoms with Crippen molar-refractivity contribution >= 4 is 29.3 Å². The lowest BCUT2D eigenvalue weighted by Gasteiger charge is -2.06. The molecular formula is C10H6ClF3N4S. The van der Waals surface area contributed by atoms with Crippen LogP contribution in [0.4, 0.5) is 19.1 Å². The predicted molar refractivity (Wildman–Crippen MR) is 64.8 cm³/mol. The van der Waals surface area contributed by atoms with E-state index in [2.05, 4.69) is 15.0 Å². The monoisotopic (exact) mass is 306 g/mol. The lowest BCUT2D eigenvalue weighted by atomic mass is 10.3. The summed E-state index contributed by atoms with van der Waals surface area (Å²) in [5.74, 6) is -0.0121. The van der Waals surface area contributed by atoms with Gasteiger partial charge in [0.15, 0.2) is 0 Å². The number of nitrogens with two attached hydrogens (primary N) is 1. The summed E-state index contributed by atoms with van der Waals surface area (Å²) in [6.07, 6.45) is -3.65. The first-order valence-corrected chi connectivity index (χ1v) is 6.05. The van der Waals surface area contributed by atoms with Crippen molar-refractivity contribution in [2.75, 3.05) is 5.73 Å². The summed E-state index contributed by atoms with van der Waals surface area (Å²) in [6.45, 7) is 0. The average Bonchev–Trinajstić information content (AvgIpc) is 2.26. The Morgan fingerprint density at radius 1 is 1.16 bits per heavy atom. The quantitative estimate of drug-likeness (QED) is 0.863. The van der Waals surface area contributed by atoms with Crippen molar-refractivity contribution in [2.45, 2.75) is 16.2 Å². The van der Waals surface area contributed by atoms with Crippen LogP contribution < -0.4 is 5.73 Å². The SMILES string of the molecule is Nc1nc(Cl)cc(Sc2ccc(C(F)(F)F)cn2)n1. The Labute approximate surface area is 115 Å². The molecule has 100 valence electrons. The van der Waals surface area contributed by atoms with Crippen LogP contribution in [0.25, 0.3) is 0 Å². The van der Waals surface area contributed by atoms with E-state index in [1.807, 2.05) is 0 Å². The van der Waals surface area contributed by atoms with Gasteiger partial charge in [0.2, 0.25) is 5.95 Å². The number of nitrogens with zero attached hydrogens (tertiary/aromatic N) is 3. The minimum Gasteiger partial charge on any atom is -0.368 e. The molecule has 0 bridgehead atoms. The van der Waals surface area contributed by atoms with E-state index in [0.29, 0.717) is 10.1 Å². The molecule has 0 amide bonds. The molecule has 0 radical (unpaired) electrons. The number of rotatable bonds is 2. The minimum absolute atomic E-state index is 0.0121. The van der Waals surface area contributed by atoms with Crippen molar-refractivity contribution in [2.24, 2.45) is 0 Å². The van der Waals surface area contributed by atoms with Gasteiger partial charge in [-0.05, 0) is 23.9 Å².